The third kappa shape index (κ3) is 20.6. The molecule has 0 saturated heterocycles. The van der Waals surface area contributed by atoms with Crippen LogP contribution >= 0.6 is 11.8 Å². The van der Waals surface area contributed by atoms with E-state index in [9.17, 15) is 24.6 Å². The van der Waals surface area contributed by atoms with Crippen LogP contribution in [0.1, 0.15) is 72.4 Å². The van der Waals surface area contributed by atoms with E-state index in [1.165, 1.54) is 14.2 Å². The van der Waals surface area contributed by atoms with Gasteiger partial charge in [-0.3, -0.25) is 9.80 Å². The van der Waals surface area contributed by atoms with E-state index in [1.807, 2.05) is 42.7 Å². The number of carbonyl (C=O) groups is 3. The summed E-state index contributed by atoms with van der Waals surface area (Å²) < 4.78 is 27.2. The average Bonchev–Trinajstić information content (AvgIpc) is 3.13. The molecule has 0 aliphatic carbocycles. The number of aliphatic hydroxyl groups is 2. The predicted octanol–water partition coefficient (Wildman–Crippen LogP) is 3.17. The third-order valence-corrected chi connectivity index (χ3v) is 8.75. The number of esters is 2. The molecule has 0 saturated carbocycles. The van der Waals surface area contributed by atoms with Crippen molar-refractivity contribution in [2.24, 2.45) is 0 Å². The van der Waals surface area contributed by atoms with Crippen molar-refractivity contribution >= 4 is 29.8 Å². The molecule has 2 heterocycles. The number of amides is 1. The van der Waals surface area contributed by atoms with Crippen LogP contribution in [-0.4, -0.2) is 151 Å². The highest BCUT2D eigenvalue weighted by Gasteiger charge is 2.17. The fourth-order valence-electron chi connectivity index (χ4n) is 4.98. The van der Waals surface area contributed by atoms with Gasteiger partial charge in [-0.05, 0) is 63.6 Å². The molecule has 298 valence electrons. The Morgan fingerprint density at radius 3 is 1.91 bits per heavy atom. The van der Waals surface area contributed by atoms with Gasteiger partial charge >= 0.3 is 18.0 Å². The number of methoxy groups -OCH3 is 2. The van der Waals surface area contributed by atoms with Gasteiger partial charge in [0.15, 0.2) is 0 Å². The van der Waals surface area contributed by atoms with Crippen molar-refractivity contribution in [1.82, 2.24) is 25.1 Å². The van der Waals surface area contributed by atoms with Gasteiger partial charge in [0.1, 0.15) is 17.0 Å². The zero-order valence-corrected chi connectivity index (χ0v) is 32.7. The second-order valence-corrected chi connectivity index (χ2v) is 14.3. The van der Waals surface area contributed by atoms with Gasteiger partial charge in [0.05, 0.1) is 64.7 Å². The van der Waals surface area contributed by atoms with E-state index in [-0.39, 0.29) is 30.7 Å². The lowest BCUT2D eigenvalue weighted by molar-refractivity contribution is -0.0175. The summed E-state index contributed by atoms with van der Waals surface area (Å²) in [6.07, 6.45) is 2.20. The molecule has 0 aliphatic heterocycles. The SMILES string of the molecule is COC(=O)c1cccc(CN(CCO)CCOCC(CSCCCCCNC(=O)OC(C)(C)C)OCCN(CCO)Cc2cccc(C(=O)OC)n2)n1. The quantitative estimate of drug-likeness (QED) is 0.0685. The van der Waals surface area contributed by atoms with Gasteiger partial charge in [-0.1, -0.05) is 18.6 Å². The molecule has 0 bridgehead atoms. The lowest BCUT2D eigenvalue weighted by Crippen LogP contribution is -2.34. The van der Waals surface area contributed by atoms with Crippen molar-refractivity contribution in [3.8, 4) is 0 Å². The lowest BCUT2D eigenvalue weighted by Gasteiger charge is -2.24. The molecule has 0 radical (unpaired) electrons. The molecule has 2 aromatic heterocycles. The van der Waals surface area contributed by atoms with Crippen molar-refractivity contribution in [3.63, 3.8) is 0 Å². The van der Waals surface area contributed by atoms with Crippen LogP contribution in [0.3, 0.4) is 0 Å². The maximum Gasteiger partial charge on any atom is 0.407 e. The summed E-state index contributed by atoms with van der Waals surface area (Å²) in [5, 5.41) is 22.1. The number of pyridine rings is 2. The molecule has 0 aliphatic rings. The minimum absolute atomic E-state index is 0.0387. The van der Waals surface area contributed by atoms with Gasteiger partial charge in [0.2, 0.25) is 0 Å². The summed E-state index contributed by atoms with van der Waals surface area (Å²) in [7, 11) is 2.63. The number of ether oxygens (including phenoxy) is 5. The fraction of sp³-hybridized carbons (Fsp3) is 0.649. The average molecular weight is 766 g/mol. The van der Waals surface area contributed by atoms with E-state index in [0.29, 0.717) is 82.8 Å². The zero-order chi connectivity index (χ0) is 38.9. The Morgan fingerprint density at radius 2 is 1.38 bits per heavy atom. The minimum atomic E-state index is -0.523. The van der Waals surface area contributed by atoms with E-state index in [2.05, 4.69) is 15.3 Å². The van der Waals surface area contributed by atoms with E-state index in [1.54, 1.807) is 36.0 Å². The van der Waals surface area contributed by atoms with Crippen molar-refractivity contribution in [3.05, 3.63) is 59.2 Å². The largest absolute Gasteiger partial charge is 0.464 e. The molecular weight excluding hydrogens is 706 g/mol. The van der Waals surface area contributed by atoms with E-state index < -0.39 is 23.6 Å². The number of rotatable bonds is 27. The van der Waals surface area contributed by atoms with Crippen LogP contribution in [-0.2, 0) is 36.8 Å². The third-order valence-electron chi connectivity index (χ3n) is 7.56. The number of aliphatic hydroxyl groups excluding tert-OH is 2. The molecular formula is C37H59N5O10S. The van der Waals surface area contributed by atoms with Crippen molar-refractivity contribution in [2.45, 2.75) is 64.8 Å². The lowest BCUT2D eigenvalue weighted by atomic mass is 10.2. The van der Waals surface area contributed by atoms with Crippen LogP contribution in [0.25, 0.3) is 0 Å². The van der Waals surface area contributed by atoms with Crippen LogP contribution in [0.2, 0.25) is 0 Å². The highest BCUT2D eigenvalue weighted by Crippen LogP contribution is 2.13. The number of aromatic nitrogens is 2. The summed E-state index contributed by atoms with van der Waals surface area (Å²) in [4.78, 5) is 48.5. The highest BCUT2D eigenvalue weighted by molar-refractivity contribution is 7.99. The van der Waals surface area contributed by atoms with E-state index >= 15 is 0 Å². The van der Waals surface area contributed by atoms with Gasteiger partial charge in [-0.15, -0.1) is 0 Å². The first kappa shape index (κ1) is 45.8. The number of nitrogens with one attached hydrogen (secondary N) is 1. The molecule has 0 spiro atoms. The van der Waals surface area contributed by atoms with Crippen molar-refractivity contribution in [1.29, 1.82) is 0 Å². The Morgan fingerprint density at radius 1 is 0.811 bits per heavy atom. The van der Waals surface area contributed by atoms with Crippen LogP contribution in [0, 0.1) is 0 Å². The van der Waals surface area contributed by atoms with E-state index in [4.69, 9.17) is 23.7 Å². The van der Waals surface area contributed by atoms with E-state index in [0.717, 1.165) is 25.0 Å². The van der Waals surface area contributed by atoms with Crippen LogP contribution in [0.5, 0.6) is 0 Å². The topological polar surface area (TPSA) is 182 Å². The van der Waals surface area contributed by atoms with Crippen LogP contribution < -0.4 is 5.32 Å². The molecule has 0 aromatic carbocycles. The van der Waals surface area contributed by atoms with Crippen molar-refractivity contribution in [2.75, 3.05) is 91.5 Å². The molecule has 3 N–H and O–H groups in total. The maximum atomic E-state index is 11.9. The summed E-state index contributed by atoms with van der Waals surface area (Å²) in [6, 6.07) is 10.3. The Balaban J connectivity index is 1.90. The van der Waals surface area contributed by atoms with Gasteiger partial charge in [0.25, 0.3) is 0 Å². The number of alkyl carbamates (subject to hydrolysis) is 1. The normalized spacial score (nSPS) is 12.2. The molecule has 1 atom stereocenters. The molecule has 2 rings (SSSR count). The van der Waals surface area contributed by atoms with Gasteiger partial charge < -0.3 is 39.2 Å². The zero-order valence-electron chi connectivity index (χ0n) is 31.9. The molecule has 0 fully saturated rings. The monoisotopic (exact) mass is 765 g/mol. The standard InChI is InChI=1S/C37H59N5O10S/c1-37(2,3)52-36(47)38-15-7-6-8-24-53-28-31(51-23-19-42(17-21-44)26-30-12-10-14-33(40-30)35(46)49-5)27-50-22-18-41(16-20-43)25-29-11-9-13-32(39-29)34(45)48-4/h9-14,31,43-44H,6-8,15-28H2,1-5H3,(H,38,47). The van der Waals surface area contributed by atoms with Gasteiger partial charge in [-0.25, -0.2) is 24.4 Å². The molecule has 16 heteroatoms. The smallest absolute Gasteiger partial charge is 0.407 e. The number of hydrogen-bond donors (Lipinski definition) is 3. The Bertz CT molecular complexity index is 1350. The number of carbonyl (C=O) groups excluding carboxylic acids is 3. The number of hydrogen-bond acceptors (Lipinski definition) is 15. The summed E-state index contributed by atoms with van der Waals surface area (Å²) in [6.45, 7) is 9.85. The Labute approximate surface area is 318 Å². The highest BCUT2D eigenvalue weighted by atomic mass is 32.2. The Hall–Kier alpha value is -3.38. The first-order valence-electron chi connectivity index (χ1n) is 18.0. The summed E-state index contributed by atoms with van der Waals surface area (Å²) in [5.74, 6) is 0.619. The maximum absolute atomic E-state index is 11.9. The molecule has 1 amide bonds. The van der Waals surface area contributed by atoms with Crippen molar-refractivity contribution < 1.29 is 48.3 Å². The minimum Gasteiger partial charge on any atom is -0.464 e. The second kappa shape index (κ2) is 26.4. The number of nitrogens with zero attached hydrogens (tertiary/aromatic N) is 4. The number of thioether (sulfide) groups is 1. The number of unbranched alkanes of at least 4 members (excludes halogenated alkanes) is 2. The second-order valence-electron chi connectivity index (χ2n) is 13.1. The molecule has 15 nitrogen and oxygen atoms in total. The fourth-order valence-corrected chi connectivity index (χ4v) is 6.01. The predicted molar refractivity (Wildman–Crippen MR) is 202 cm³/mol. The summed E-state index contributed by atoms with van der Waals surface area (Å²) in [5.41, 5.74) is 1.29. The molecule has 2 aromatic rings. The first-order chi connectivity index (χ1) is 25.5. The summed E-state index contributed by atoms with van der Waals surface area (Å²) >= 11 is 1.78. The first-order valence-corrected chi connectivity index (χ1v) is 19.1. The van der Waals surface area contributed by atoms with Crippen LogP contribution in [0.4, 0.5) is 4.79 Å². The molecule has 53 heavy (non-hydrogen) atoms. The van der Waals surface area contributed by atoms with Gasteiger partial charge in [0, 0.05) is 51.6 Å². The van der Waals surface area contributed by atoms with Crippen LogP contribution in [0.15, 0.2) is 36.4 Å². The van der Waals surface area contributed by atoms with Gasteiger partial charge in [-0.2, -0.15) is 11.8 Å². The molecule has 1 unspecified atom stereocenters. The Kier molecular flexibility index (Phi) is 22.8.